The highest BCUT2D eigenvalue weighted by Crippen LogP contribution is 2.25. The molecule has 0 bridgehead atoms. The van der Waals surface area contributed by atoms with E-state index in [9.17, 15) is 5.11 Å². The van der Waals surface area contributed by atoms with Crippen LogP contribution in [0.3, 0.4) is 0 Å². The molecule has 5 nitrogen and oxygen atoms in total. The molecule has 1 aliphatic rings. The Morgan fingerprint density at radius 2 is 2.27 bits per heavy atom. The van der Waals surface area contributed by atoms with E-state index in [-0.39, 0.29) is 12.2 Å². The molecule has 1 aliphatic carbocycles. The quantitative estimate of drug-likeness (QED) is 0.919. The van der Waals surface area contributed by atoms with Crippen molar-refractivity contribution in [3.63, 3.8) is 0 Å². The highest BCUT2D eigenvalue weighted by molar-refractivity contribution is 5.55. The standard InChI is InChI=1S/C17H21NO4/c1-20-15-6-2-4-12(8-15)17-18-13(11-22-17)10-21-16-7-3-5-14(19)9-16/h2,4,6,8,11,14,16,19H,3,5,7,9-10H2,1H3. The number of methoxy groups -OCH3 is 1. The number of ether oxygens (including phenoxy) is 2. The molecule has 0 amide bonds. The molecule has 1 aromatic carbocycles. The van der Waals surface area contributed by atoms with Crippen LogP contribution in [0.4, 0.5) is 0 Å². The maximum atomic E-state index is 9.65. The third-order valence-corrected chi connectivity index (χ3v) is 3.93. The summed E-state index contributed by atoms with van der Waals surface area (Å²) in [6, 6.07) is 7.59. The zero-order chi connectivity index (χ0) is 15.4. The first kappa shape index (κ1) is 15.1. The lowest BCUT2D eigenvalue weighted by Gasteiger charge is -2.25. The SMILES string of the molecule is COc1cccc(-c2nc(COC3CCCC(O)C3)co2)c1. The fourth-order valence-corrected chi connectivity index (χ4v) is 2.74. The molecule has 5 heteroatoms. The fraction of sp³-hybridized carbons (Fsp3) is 0.471. The first-order chi connectivity index (χ1) is 10.7. The summed E-state index contributed by atoms with van der Waals surface area (Å²) in [4.78, 5) is 4.45. The molecule has 2 atom stereocenters. The zero-order valence-corrected chi connectivity index (χ0v) is 12.7. The largest absolute Gasteiger partial charge is 0.497 e. The number of aliphatic hydroxyl groups is 1. The second-order valence-corrected chi connectivity index (χ2v) is 5.63. The number of nitrogens with zero attached hydrogens (tertiary/aromatic N) is 1. The van der Waals surface area contributed by atoms with Crippen molar-refractivity contribution < 1.29 is 19.0 Å². The molecule has 0 spiro atoms. The molecule has 2 aromatic rings. The van der Waals surface area contributed by atoms with Gasteiger partial charge in [0.05, 0.1) is 25.9 Å². The minimum absolute atomic E-state index is 0.112. The zero-order valence-electron chi connectivity index (χ0n) is 12.7. The smallest absolute Gasteiger partial charge is 0.226 e. The summed E-state index contributed by atoms with van der Waals surface area (Å²) in [5.74, 6) is 1.32. The van der Waals surface area contributed by atoms with Gasteiger partial charge in [0.2, 0.25) is 5.89 Å². The van der Waals surface area contributed by atoms with Crippen LogP contribution in [0.25, 0.3) is 11.5 Å². The third kappa shape index (κ3) is 3.67. The van der Waals surface area contributed by atoms with Crippen LogP contribution in [0.2, 0.25) is 0 Å². The Balaban J connectivity index is 1.61. The number of rotatable bonds is 5. The van der Waals surface area contributed by atoms with E-state index in [1.165, 1.54) is 0 Å². The van der Waals surface area contributed by atoms with Crippen molar-refractivity contribution >= 4 is 0 Å². The van der Waals surface area contributed by atoms with Gasteiger partial charge >= 0.3 is 0 Å². The van der Waals surface area contributed by atoms with Crippen molar-refractivity contribution in [2.75, 3.05) is 7.11 Å². The number of aromatic nitrogens is 1. The van der Waals surface area contributed by atoms with Gasteiger partial charge in [-0.1, -0.05) is 6.07 Å². The van der Waals surface area contributed by atoms with Crippen LogP contribution in [0.1, 0.15) is 31.4 Å². The van der Waals surface area contributed by atoms with Crippen molar-refractivity contribution in [3.8, 4) is 17.2 Å². The number of aliphatic hydroxyl groups excluding tert-OH is 1. The fourth-order valence-electron chi connectivity index (χ4n) is 2.74. The van der Waals surface area contributed by atoms with Crippen LogP contribution in [0, 0.1) is 0 Å². The van der Waals surface area contributed by atoms with Crippen molar-refractivity contribution in [3.05, 3.63) is 36.2 Å². The van der Waals surface area contributed by atoms with Gasteiger partial charge in [0.1, 0.15) is 17.7 Å². The second-order valence-electron chi connectivity index (χ2n) is 5.63. The van der Waals surface area contributed by atoms with Crippen LogP contribution < -0.4 is 4.74 Å². The van der Waals surface area contributed by atoms with Crippen LogP contribution >= 0.6 is 0 Å². The van der Waals surface area contributed by atoms with E-state index in [2.05, 4.69) is 4.98 Å². The lowest BCUT2D eigenvalue weighted by atomic mass is 9.95. The maximum absolute atomic E-state index is 9.65. The molecule has 3 rings (SSSR count). The summed E-state index contributed by atoms with van der Waals surface area (Å²) >= 11 is 0. The van der Waals surface area contributed by atoms with Gasteiger partial charge in [-0.3, -0.25) is 0 Å². The van der Waals surface area contributed by atoms with Gasteiger partial charge in [-0.2, -0.15) is 0 Å². The molecule has 1 fully saturated rings. The summed E-state index contributed by atoms with van der Waals surface area (Å²) in [7, 11) is 1.63. The molecule has 1 saturated carbocycles. The van der Waals surface area contributed by atoms with E-state index in [1.807, 2.05) is 24.3 Å². The molecule has 1 N–H and O–H groups in total. The van der Waals surface area contributed by atoms with Crippen LogP contribution in [0.15, 0.2) is 34.9 Å². The molecule has 0 saturated heterocycles. The van der Waals surface area contributed by atoms with Crippen LogP contribution in [-0.4, -0.2) is 29.4 Å². The normalized spacial score (nSPS) is 21.7. The van der Waals surface area contributed by atoms with Crippen molar-refractivity contribution in [2.45, 2.75) is 44.5 Å². The van der Waals surface area contributed by atoms with E-state index in [0.717, 1.165) is 36.3 Å². The Morgan fingerprint density at radius 3 is 3.09 bits per heavy atom. The second kappa shape index (κ2) is 6.94. The Kier molecular flexibility index (Phi) is 4.75. The van der Waals surface area contributed by atoms with Crippen molar-refractivity contribution in [1.82, 2.24) is 4.98 Å². The predicted molar refractivity (Wildman–Crippen MR) is 81.5 cm³/mol. The Hall–Kier alpha value is -1.85. The first-order valence-corrected chi connectivity index (χ1v) is 7.63. The average Bonchev–Trinajstić information content (AvgIpc) is 3.02. The van der Waals surface area contributed by atoms with Gasteiger partial charge < -0.3 is 19.0 Å². The van der Waals surface area contributed by atoms with Gasteiger partial charge in [0.15, 0.2) is 0 Å². The number of benzene rings is 1. The van der Waals surface area contributed by atoms with Gasteiger partial charge in [-0.05, 0) is 43.9 Å². The summed E-state index contributed by atoms with van der Waals surface area (Å²) in [5.41, 5.74) is 1.64. The minimum atomic E-state index is -0.233. The van der Waals surface area contributed by atoms with E-state index in [0.29, 0.717) is 18.9 Å². The Bertz CT molecular complexity index is 610. The van der Waals surface area contributed by atoms with Crippen LogP contribution in [0.5, 0.6) is 5.75 Å². The molecule has 2 unspecified atom stereocenters. The lowest BCUT2D eigenvalue weighted by Crippen LogP contribution is -2.25. The Labute approximate surface area is 129 Å². The number of hydrogen-bond acceptors (Lipinski definition) is 5. The molecular formula is C17H21NO4. The number of hydrogen-bond donors (Lipinski definition) is 1. The van der Waals surface area contributed by atoms with Gasteiger partial charge in [-0.25, -0.2) is 4.98 Å². The lowest BCUT2D eigenvalue weighted by molar-refractivity contribution is -0.0238. The van der Waals surface area contributed by atoms with Crippen molar-refractivity contribution in [2.24, 2.45) is 0 Å². The van der Waals surface area contributed by atoms with Gasteiger partial charge in [0, 0.05) is 5.56 Å². The van der Waals surface area contributed by atoms with E-state index in [1.54, 1.807) is 13.4 Å². The van der Waals surface area contributed by atoms with E-state index >= 15 is 0 Å². The topological polar surface area (TPSA) is 64.7 Å². The van der Waals surface area contributed by atoms with E-state index in [4.69, 9.17) is 13.9 Å². The summed E-state index contributed by atoms with van der Waals surface area (Å²) in [5, 5.41) is 9.65. The summed E-state index contributed by atoms with van der Waals surface area (Å²) in [6.45, 7) is 0.408. The van der Waals surface area contributed by atoms with Gasteiger partial charge in [-0.15, -0.1) is 0 Å². The third-order valence-electron chi connectivity index (χ3n) is 3.93. The Morgan fingerprint density at radius 1 is 1.36 bits per heavy atom. The minimum Gasteiger partial charge on any atom is -0.497 e. The molecule has 0 radical (unpaired) electrons. The summed E-state index contributed by atoms with van der Waals surface area (Å²) in [6.07, 6.45) is 5.10. The molecule has 1 aromatic heterocycles. The van der Waals surface area contributed by atoms with Gasteiger partial charge in [0.25, 0.3) is 0 Å². The maximum Gasteiger partial charge on any atom is 0.226 e. The van der Waals surface area contributed by atoms with Crippen molar-refractivity contribution in [1.29, 1.82) is 0 Å². The molecule has 0 aliphatic heterocycles. The monoisotopic (exact) mass is 303 g/mol. The van der Waals surface area contributed by atoms with Crippen LogP contribution in [-0.2, 0) is 11.3 Å². The van der Waals surface area contributed by atoms with E-state index < -0.39 is 0 Å². The number of oxazole rings is 1. The first-order valence-electron chi connectivity index (χ1n) is 7.63. The molecule has 118 valence electrons. The predicted octanol–water partition coefficient (Wildman–Crippen LogP) is 3.17. The molecular weight excluding hydrogens is 282 g/mol. The molecule has 22 heavy (non-hydrogen) atoms. The average molecular weight is 303 g/mol. The highest BCUT2D eigenvalue weighted by Gasteiger charge is 2.21. The highest BCUT2D eigenvalue weighted by atomic mass is 16.5. The summed E-state index contributed by atoms with van der Waals surface area (Å²) < 4.78 is 16.5. The molecule has 1 heterocycles.